The van der Waals surface area contributed by atoms with E-state index in [1.165, 1.54) is 4.90 Å². The molecule has 1 aromatic carbocycles. The summed E-state index contributed by atoms with van der Waals surface area (Å²) in [6.07, 6.45) is 1.07. The fourth-order valence-corrected chi connectivity index (χ4v) is 2.30. The molecule has 0 radical (unpaired) electrons. The monoisotopic (exact) mass is 233 g/mol. The van der Waals surface area contributed by atoms with E-state index in [2.05, 4.69) is 0 Å². The van der Waals surface area contributed by atoms with Gasteiger partial charge in [-0.2, -0.15) is 0 Å². The fourth-order valence-electron chi connectivity index (χ4n) is 2.30. The molecule has 1 amide bonds. The lowest BCUT2D eigenvalue weighted by Gasteiger charge is -2.34. The van der Waals surface area contributed by atoms with E-state index in [1.54, 1.807) is 6.07 Å². The Balaban J connectivity index is 2.46. The van der Waals surface area contributed by atoms with Crippen LogP contribution in [-0.2, 0) is 16.0 Å². The molecule has 1 N–H and O–H groups in total. The lowest BCUT2D eigenvalue weighted by molar-refractivity contribution is -0.151. The number of carbonyl (C=O) groups excluding carboxylic acids is 1. The molecule has 1 aromatic rings. The minimum Gasteiger partial charge on any atom is -0.479 e. The Kier molecular flexibility index (Phi) is 3.13. The molecule has 1 aliphatic heterocycles. The largest absolute Gasteiger partial charge is 0.479 e. The lowest BCUT2D eigenvalue weighted by atomic mass is 9.92. The Morgan fingerprint density at radius 3 is 2.82 bits per heavy atom. The number of benzene rings is 1. The van der Waals surface area contributed by atoms with Gasteiger partial charge in [-0.3, -0.25) is 4.79 Å². The quantitative estimate of drug-likeness (QED) is 0.862. The predicted octanol–water partition coefficient (Wildman–Crippen LogP) is 1.61. The van der Waals surface area contributed by atoms with Crippen LogP contribution < -0.4 is 0 Å². The summed E-state index contributed by atoms with van der Waals surface area (Å²) in [5, 5.41) is 9.31. The van der Waals surface area contributed by atoms with Crippen molar-refractivity contribution in [2.75, 3.05) is 6.54 Å². The van der Waals surface area contributed by atoms with Crippen molar-refractivity contribution >= 4 is 11.9 Å². The number of carbonyl (C=O) groups is 2. The van der Waals surface area contributed by atoms with Gasteiger partial charge in [0, 0.05) is 6.54 Å². The molecule has 17 heavy (non-hydrogen) atoms. The molecular weight excluding hydrogens is 218 g/mol. The third kappa shape index (κ3) is 2.02. The van der Waals surface area contributed by atoms with Crippen LogP contribution >= 0.6 is 0 Å². The predicted molar refractivity (Wildman–Crippen MR) is 62.5 cm³/mol. The van der Waals surface area contributed by atoms with E-state index in [0.717, 1.165) is 17.5 Å². The van der Waals surface area contributed by atoms with Gasteiger partial charge in [0.1, 0.15) is 0 Å². The first kappa shape index (κ1) is 11.6. The van der Waals surface area contributed by atoms with E-state index < -0.39 is 12.0 Å². The SMILES string of the molecule is CCCN1C(=O)Cc2ccccc2[C@H]1C(=O)O. The average Bonchev–Trinajstić information content (AvgIpc) is 2.29. The van der Waals surface area contributed by atoms with Crippen LogP contribution in [0.5, 0.6) is 0 Å². The summed E-state index contributed by atoms with van der Waals surface area (Å²) < 4.78 is 0. The van der Waals surface area contributed by atoms with Gasteiger partial charge in [-0.15, -0.1) is 0 Å². The molecule has 2 rings (SSSR count). The fraction of sp³-hybridized carbons (Fsp3) is 0.385. The zero-order valence-corrected chi connectivity index (χ0v) is 9.72. The Morgan fingerprint density at radius 2 is 2.18 bits per heavy atom. The van der Waals surface area contributed by atoms with Gasteiger partial charge >= 0.3 is 5.97 Å². The first-order chi connectivity index (χ1) is 8.15. The molecule has 1 heterocycles. The maximum atomic E-state index is 11.9. The first-order valence-electron chi connectivity index (χ1n) is 5.75. The maximum absolute atomic E-state index is 11.9. The molecule has 0 saturated heterocycles. The highest BCUT2D eigenvalue weighted by Crippen LogP contribution is 2.30. The van der Waals surface area contributed by atoms with Crippen LogP contribution in [0, 0.1) is 0 Å². The molecule has 90 valence electrons. The molecule has 0 spiro atoms. The van der Waals surface area contributed by atoms with Gasteiger partial charge in [0.05, 0.1) is 6.42 Å². The highest BCUT2D eigenvalue weighted by atomic mass is 16.4. The van der Waals surface area contributed by atoms with Gasteiger partial charge in [-0.25, -0.2) is 4.79 Å². The summed E-state index contributed by atoms with van der Waals surface area (Å²) >= 11 is 0. The second-order valence-corrected chi connectivity index (χ2v) is 4.20. The number of aliphatic carboxylic acids is 1. The zero-order valence-electron chi connectivity index (χ0n) is 9.72. The standard InChI is InChI=1S/C13H15NO3/c1-2-7-14-11(15)8-9-5-3-4-6-10(9)12(14)13(16)17/h3-6,12H,2,7-8H2,1H3,(H,16,17)/t12-/m0/s1. The van der Waals surface area contributed by atoms with Crippen LogP contribution in [-0.4, -0.2) is 28.4 Å². The summed E-state index contributed by atoms with van der Waals surface area (Å²) in [6, 6.07) is 6.44. The topological polar surface area (TPSA) is 57.6 Å². The Bertz CT molecular complexity index is 456. The lowest BCUT2D eigenvalue weighted by Crippen LogP contribution is -2.44. The van der Waals surface area contributed by atoms with Crippen molar-refractivity contribution < 1.29 is 14.7 Å². The van der Waals surface area contributed by atoms with Crippen LogP contribution in [0.4, 0.5) is 0 Å². The van der Waals surface area contributed by atoms with Crippen molar-refractivity contribution in [3.8, 4) is 0 Å². The van der Waals surface area contributed by atoms with E-state index in [1.807, 2.05) is 25.1 Å². The van der Waals surface area contributed by atoms with Crippen molar-refractivity contribution in [3.05, 3.63) is 35.4 Å². The highest BCUT2D eigenvalue weighted by molar-refractivity contribution is 5.89. The average molecular weight is 233 g/mol. The third-order valence-electron chi connectivity index (χ3n) is 3.02. The van der Waals surface area contributed by atoms with Crippen LogP contribution in [0.2, 0.25) is 0 Å². The first-order valence-corrected chi connectivity index (χ1v) is 5.75. The van der Waals surface area contributed by atoms with Crippen molar-refractivity contribution in [2.45, 2.75) is 25.8 Å². The number of fused-ring (bicyclic) bond motifs is 1. The number of hydrogen-bond acceptors (Lipinski definition) is 2. The van der Waals surface area contributed by atoms with Gasteiger partial charge in [-0.1, -0.05) is 31.2 Å². The van der Waals surface area contributed by atoms with Crippen LogP contribution in [0.25, 0.3) is 0 Å². The van der Waals surface area contributed by atoms with Crippen LogP contribution in [0.15, 0.2) is 24.3 Å². The molecule has 0 fully saturated rings. The molecule has 4 nitrogen and oxygen atoms in total. The minimum absolute atomic E-state index is 0.0991. The second-order valence-electron chi connectivity index (χ2n) is 4.20. The maximum Gasteiger partial charge on any atom is 0.331 e. The van der Waals surface area contributed by atoms with Gasteiger partial charge in [-0.05, 0) is 17.5 Å². The van der Waals surface area contributed by atoms with E-state index in [4.69, 9.17) is 0 Å². The van der Waals surface area contributed by atoms with Crippen molar-refractivity contribution in [1.82, 2.24) is 4.90 Å². The number of rotatable bonds is 3. The zero-order chi connectivity index (χ0) is 12.4. The Hall–Kier alpha value is -1.84. The van der Waals surface area contributed by atoms with Crippen LogP contribution in [0.1, 0.15) is 30.5 Å². The smallest absolute Gasteiger partial charge is 0.331 e. The third-order valence-corrected chi connectivity index (χ3v) is 3.02. The van der Waals surface area contributed by atoms with Gasteiger partial charge in [0.25, 0.3) is 0 Å². The molecule has 0 saturated carbocycles. The van der Waals surface area contributed by atoms with Crippen LogP contribution in [0.3, 0.4) is 0 Å². The summed E-state index contributed by atoms with van der Waals surface area (Å²) in [6.45, 7) is 2.43. The van der Waals surface area contributed by atoms with Gasteiger partial charge < -0.3 is 10.0 Å². The van der Waals surface area contributed by atoms with Crippen molar-refractivity contribution in [2.24, 2.45) is 0 Å². The van der Waals surface area contributed by atoms with Gasteiger partial charge in [0.2, 0.25) is 5.91 Å². The molecule has 0 aromatic heterocycles. The number of carboxylic acids is 1. The molecule has 0 bridgehead atoms. The highest BCUT2D eigenvalue weighted by Gasteiger charge is 2.36. The summed E-state index contributed by atoms with van der Waals surface area (Å²) in [4.78, 5) is 24.7. The molecule has 1 atom stereocenters. The summed E-state index contributed by atoms with van der Waals surface area (Å²) in [5.74, 6) is -1.06. The van der Waals surface area contributed by atoms with E-state index in [9.17, 15) is 14.7 Å². The van der Waals surface area contributed by atoms with E-state index in [-0.39, 0.29) is 5.91 Å². The van der Waals surface area contributed by atoms with Gasteiger partial charge in [0.15, 0.2) is 6.04 Å². The minimum atomic E-state index is -0.959. The van der Waals surface area contributed by atoms with E-state index in [0.29, 0.717) is 13.0 Å². The Morgan fingerprint density at radius 1 is 1.47 bits per heavy atom. The molecule has 0 aliphatic carbocycles. The Labute approximate surface area is 99.9 Å². The molecule has 0 unspecified atom stereocenters. The van der Waals surface area contributed by atoms with Crippen molar-refractivity contribution in [1.29, 1.82) is 0 Å². The second kappa shape index (κ2) is 4.57. The molecular formula is C13H15NO3. The van der Waals surface area contributed by atoms with E-state index >= 15 is 0 Å². The number of nitrogens with zero attached hydrogens (tertiary/aromatic N) is 1. The molecule has 1 aliphatic rings. The van der Waals surface area contributed by atoms with Crippen molar-refractivity contribution in [3.63, 3.8) is 0 Å². The number of hydrogen-bond donors (Lipinski definition) is 1. The normalized spacial score (nSPS) is 19.0. The molecule has 4 heteroatoms. The summed E-state index contributed by atoms with van der Waals surface area (Å²) in [5.41, 5.74) is 1.57. The number of carboxylic acid groups (broad SMARTS) is 1. The summed E-state index contributed by atoms with van der Waals surface area (Å²) in [7, 11) is 0. The number of amides is 1.